The van der Waals surface area contributed by atoms with E-state index in [2.05, 4.69) is 21.9 Å². The van der Waals surface area contributed by atoms with E-state index in [0.717, 1.165) is 5.69 Å². The lowest BCUT2D eigenvalue weighted by atomic mass is 10.3. The van der Waals surface area contributed by atoms with Gasteiger partial charge in [-0.1, -0.05) is 5.92 Å². The monoisotopic (exact) mass is 238 g/mol. The summed E-state index contributed by atoms with van der Waals surface area (Å²) in [5, 5.41) is 3.05. The van der Waals surface area contributed by atoms with Crippen LogP contribution in [0.5, 0.6) is 0 Å². The van der Waals surface area contributed by atoms with Gasteiger partial charge in [-0.3, -0.25) is 0 Å². The molecule has 86 valence electrons. The number of rotatable bonds is 4. The fourth-order valence-electron chi connectivity index (χ4n) is 1.10. The van der Waals surface area contributed by atoms with Gasteiger partial charge in [0.25, 0.3) is 0 Å². The van der Waals surface area contributed by atoms with Crippen LogP contribution in [0.25, 0.3) is 0 Å². The maximum Gasteiger partial charge on any atom is 0.240 e. The second-order valence-electron chi connectivity index (χ2n) is 3.01. The van der Waals surface area contributed by atoms with E-state index in [1.807, 2.05) is 0 Å². The molecule has 0 aliphatic carbocycles. The molecule has 0 unspecified atom stereocenters. The van der Waals surface area contributed by atoms with Crippen LogP contribution in [0.2, 0.25) is 0 Å². The van der Waals surface area contributed by atoms with Gasteiger partial charge in [0, 0.05) is 5.69 Å². The van der Waals surface area contributed by atoms with Gasteiger partial charge >= 0.3 is 0 Å². The Balaban J connectivity index is 2.78. The molecule has 0 saturated carbocycles. The highest BCUT2D eigenvalue weighted by molar-refractivity contribution is 7.89. The molecule has 0 atom stereocenters. The number of anilines is 1. The lowest BCUT2D eigenvalue weighted by Crippen LogP contribution is -2.18. The van der Waals surface area contributed by atoms with E-state index in [4.69, 9.17) is 0 Å². The van der Waals surface area contributed by atoms with Crippen LogP contribution in [0, 0.1) is 11.8 Å². The smallest absolute Gasteiger partial charge is 0.240 e. The van der Waals surface area contributed by atoms with Crippen LogP contribution in [-0.4, -0.2) is 22.0 Å². The minimum absolute atomic E-state index is 0.252. The lowest BCUT2D eigenvalue weighted by molar-refractivity contribution is 0.588. The van der Waals surface area contributed by atoms with Crippen molar-refractivity contribution in [2.45, 2.75) is 11.8 Å². The maximum atomic E-state index is 11.4. The Labute approximate surface area is 96.1 Å². The third-order valence-corrected chi connectivity index (χ3v) is 3.42. The van der Waals surface area contributed by atoms with Gasteiger partial charge in [-0.25, -0.2) is 13.1 Å². The quantitative estimate of drug-likeness (QED) is 0.770. The highest BCUT2D eigenvalue weighted by Gasteiger charge is 2.09. The zero-order chi connectivity index (χ0) is 12.0. The summed E-state index contributed by atoms with van der Waals surface area (Å²) in [6.07, 6.45) is 0. The van der Waals surface area contributed by atoms with Crippen LogP contribution in [0.3, 0.4) is 0 Å². The van der Waals surface area contributed by atoms with E-state index in [1.54, 1.807) is 31.2 Å². The zero-order valence-electron chi connectivity index (χ0n) is 9.24. The molecule has 0 amide bonds. The van der Waals surface area contributed by atoms with Crippen molar-refractivity contribution in [3.8, 4) is 11.8 Å². The summed E-state index contributed by atoms with van der Waals surface area (Å²) in [5.74, 6) is 5.63. The summed E-state index contributed by atoms with van der Waals surface area (Å²) >= 11 is 0. The first kappa shape index (κ1) is 12.6. The van der Waals surface area contributed by atoms with E-state index < -0.39 is 10.0 Å². The summed E-state index contributed by atoms with van der Waals surface area (Å²) < 4.78 is 25.1. The normalized spacial score (nSPS) is 10.4. The van der Waals surface area contributed by atoms with Gasteiger partial charge in [0.2, 0.25) is 10.0 Å². The number of sulfonamides is 1. The second kappa shape index (κ2) is 5.54. The molecule has 0 fully saturated rings. The largest absolute Gasteiger partial charge is 0.374 e. The first-order valence-corrected chi connectivity index (χ1v) is 6.25. The zero-order valence-corrected chi connectivity index (χ0v) is 10.1. The van der Waals surface area contributed by atoms with Crippen LogP contribution < -0.4 is 10.0 Å². The van der Waals surface area contributed by atoms with Crippen molar-refractivity contribution in [3.63, 3.8) is 0 Å². The minimum Gasteiger partial charge on any atom is -0.374 e. The van der Waals surface area contributed by atoms with Crippen molar-refractivity contribution in [2.75, 3.05) is 18.9 Å². The highest BCUT2D eigenvalue weighted by Crippen LogP contribution is 2.13. The molecule has 2 N–H and O–H groups in total. The average Bonchev–Trinajstić information content (AvgIpc) is 2.30. The van der Waals surface area contributed by atoms with Crippen molar-refractivity contribution in [2.24, 2.45) is 0 Å². The van der Waals surface area contributed by atoms with Crippen LogP contribution in [0.15, 0.2) is 29.2 Å². The van der Waals surface area contributed by atoms with Crippen LogP contribution >= 0.6 is 0 Å². The number of benzene rings is 1. The van der Waals surface area contributed by atoms with E-state index >= 15 is 0 Å². The Morgan fingerprint density at radius 2 is 1.88 bits per heavy atom. The van der Waals surface area contributed by atoms with Gasteiger partial charge in [-0.2, -0.15) is 0 Å². The Bertz CT molecular complexity index is 495. The van der Waals surface area contributed by atoms with E-state index in [0.29, 0.717) is 6.54 Å². The van der Waals surface area contributed by atoms with Gasteiger partial charge in [0.1, 0.15) is 0 Å². The van der Waals surface area contributed by atoms with Gasteiger partial charge in [0.05, 0.1) is 11.4 Å². The molecule has 1 aromatic carbocycles. The molecule has 0 radical (unpaired) electrons. The first-order chi connectivity index (χ1) is 7.60. The molecule has 0 saturated heterocycles. The maximum absolute atomic E-state index is 11.4. The van der Waals surface area contributed by atoms with Crippen molar-refractivity contribution in [3.05, 3.63) is 24.3 Å². The summed E-state index contributed by atoms with van der Waals surface area (Å²) in [6.45, 7) is 2.32. The fourth-order valence-corrected chi connectivity index (χ4v) is 1.83. The molecule has 0 bridgehead atoms. The van der Waals surface area contributed by atoms with Crippen LogP contribution in [-0.2, 0) is 10.0 Å². The summed E-state index contributed by atoms with van der Waals surface area (Å²) in [6, 6.07) is 6.52. The summed E-state index contributed by atoms with van der Waals surface area (Å²) in [7, 11) is -1.96. The topological polar surface area (TPSA) is 58.2 Å². The van der Waals surface area contributed by atoms with Gasteiger partial charge in [0.15, 0.2) is 0 Å². The number of hydrogen-bond acceptors (Lipinski definition) is 3. The number of nitrogens with one attached hydrogen (secondary N) is 2. The SMILES string of the molecule is CC#CCNc1ccc(S(=O)(=O)NC)cc1. The molecule has 5 heteroatoms. The summed E-state index contributed by atoms with van der Waals surface area (Å²) in [5.41, 5.74) is 0.845. The molecular formula is C11H14N2O2S. The van der Waals surface area contributed by atoms with Crippen molar-refractivity contribution in [1.29, 1.82) is 0 Å². The summed E-state index contributed by atoms with van der Waals surface area (Å²) in [4.78, 5) is 0.252. The standard InChI is InChI=1S/C11H14N2O2S/c1-3-4-9-13-10-5-7-11(8-6-10)16(14,15)12-2/h5-8,12-13H,9H2,1-2H3. The van der Waals surface area contributed by atoms with E-state index in [-0.39, 0.29) is 4.90 Å². The second-order valence-corrected chi connectivity index (χ2v) is 4.90. The van der Waals surface area contributed by atoms with Gasteiger partial charge in [-0.15, -0.1) is 5.92 Å². The van der Waals surface area contributed by atoms with Gasteiger partial charge in [-0.05, 0) is 38.2 Å². The average molecular weight is 238 g/mol. The van der Waals surface area contributed by atoms with Crippen molar-refractivity contribution in [1.82, 2.24) is 4.72 Å². The van der Waals surface area contributed by atoms with E-state index in [9.17, 15) is 8.42 Å². The lowest BCUT2D eigenvalue weighted by Gasteiger charge is -2.05. The van der Waals surface area contributed by atoms with E-state index in [1.165, 1.54) is 7.05 Å². The molecule has 0 spiro atoms. The molecule has 1 rings (SSSR count). The predicted octanol–water partition coefficient (Wildman–Crippen LogP) is 1.03. The third kappa shape index (κ3) is 3.26. The Morgan fingerprint density at radius 1 is 1.25 bits per heavy atom. The minimum atomic E-state index is -3.35. The molecular weight excluding hydrogens is 224 g/mol. The highest BCUT2D eigenvalue weighted by atomic mass is 32.2. The number of hydrogen-bond donors (Lipinski definition) is 2. The Kier molecular flexibility index (Phi) is 4.35. The molecule has 4 nitrogen and oxygen atoms in total. The van der Waals surface area contributed by atoms with Crippen molar-refractivity contribution >= 4 is 15.7 Å². The molecule has 16 heavy (non-hydrogen) atoms. The fraction of sp³-hybridized carbons (Fsp3) is 0.273. The molecule has 1 aromatic rings. The van der Waals surface area contributed by atoms with Gasteiger partial charge < -0.3 is 5.32 Å². The molecule has 0 heterocycles. The molecule has 0 aromatic heterocycles. The van der Waals surface area contributed by atoms with Crippen LogP contribution in [0.4, 0.5) is 5.69 Å². The predicted molar refractivity (Wildman–Crippen MR) is 64.6 cm³/mol. The first-order valence-electron chi connectivity index (χ1n) is 4.77. The van der Waals surface area contributed by atoms with Crippen LogP contribution in [0.1, 0.15) is 6.92 Å². The Morgan fingerprint density at radius 3 is 2.38 bits per heavy atom. The third-order valence-electron chi connectivity index (χ3n) is 1.99. The molecule has 0 aliphatic rings. The van der Waals surface area contributed by atoms with Crippen molar-refractivity contribution < 1.29 is 8.42 Å². The Hall–Kier alpha value is -1.51. The molecule has 0 aliphatic heterocycles.